The lowest BCUT2D eigenvalue weighted by Gasteiger charge is -2.30. The van der Waals surface area contributed by atoms with E-state index in [0.717, 1.165) is 6.07 Å². The molecule has 1 aliphatic carbocycles. The van der Waals surface area contributed by atoms with Crippen LogP contribution in [0.25, 0.3) is 11.2 Å². The van der Waals surface area contributed by atoms with Crippen molar-refractivity contribution in [2.45, 2.75) is 31.1 Å². The van der Waals surface area contributed by atoms with E-state index in [1.165, 1.54) is 18.5 Å². The van der Waals surface area contributed by atoms with Crippen LogP contribution in [0.5, 0.6) is 0 Å². The van der Waals surface area contributed by atoms with Gasteiger partial charge in [0.05, 0.1) is 37.8 Å². The van der Waals surface area contributed by atoms with Gasteiger partial charge in [0.15, 0.2) is 11.2 Å². The minimum atomic E-state index is -4.01. The van der Waals surface area contributed by atoms with E-state index in [-0.39, 0.29) is 41.8 Å². The molecular formula is C21H22ClFN5O6P. The molecule has 3 heterocycles. The van der Waals surface area contributed by atoms with Crippen LogP contribution in [-0.4, -0.2) is 43.9 Å². The highest BCUT2D eigenvalue weighted by Crippen LogP contribution is 2.58. The van der Waals surface area contributed by atoms with Crippen molar-refractivity contribution in [3.05, 3.63) is 63.4 Å². The minimum absolute atomic E-state index is 0.0628. The summed E-state index contributed by atoms with van der Waals surface area (Å²) < 4.78 is 44.9. The highest BCUT2D eigenvalue weighted by molar-refractivity contribution is 7.48. The van der Waals surface area contributed by atoms with E-state index in [4.69, 9.17) is 30.9 Å². The van der Waals surface area contributed by atoms with Gasteiger partial charge in [0.2, 0.25) is 5.95 Å². The molecule has 1 aliphatic heterocycles. The number of aromatic nitrogens is 4. The zero-order valence-electron chi connectivity index (χ0n) is 18.3. The van der Waals surface area contributed by atoms with Crippen LogP contribution in [0.3, 0.4) is 0 Å². The van der Waals surface area contributed by atoms with E-state index in [9.17, 15) is 18.9 Å². The molecule has 186 valence electrons. The summed E-state index contributed by atoms with van der Waals surface area (Å²) in [5, 5.41) is 10.9. The van der Waals surface area contributed by atoms with Crippen molar-refractivity contribution >= 4 is 36.5 Å². The van der Waals surface area contributed by atoms with Crippen LogP contribution in [-0.2, 0) is 18.1 Å². The smallest absolute Gasteiger partial charge is 0.392 e. The van der Waals surface area contributed by atoms with Crippen LogP contribution >= 0.6 is 19.4 Å². The number of hydrogen-bond acceptors (Lipinski definition) is 9. The largest absolute Gasteiger partial charge is 0.475 e. The lowest BCUT2D eigenvalue weighted by molar-refractivity contribution is 0.0165. The first kappa shape index (κ1) is 24.1. The molecule has 11 nitrogen and oxygen atoms in total. The number of anilines is 1. The van der Waals surface area contributed by atoms with Gasteiger partial charge in [-0.15, -0.1) is 0 Å². The maximum atomic E-state index is 13.8. The molecule has 0 bridgehead atoms. The molecule has 2 aliphatic rings. The van der Waals surface area contributed by atoms with Gasteiger partial charge < -0.3 is 15.4 Å². The Morgan fingerprint density at radius 1 is 1.43 bits per heavy atom. The molecule has 0 unspecified atom stereocenters. The summed E-state index contributed by atoms with van der Waals surface area (Å²) in [6.07, 6.45) is 0.375. The predicted octanol–water partition coefficient (Wildman–Crippen LogP) is 3.28. The van der Waals surface area contributed by atoms with Gasteiger partial charge in [0.1, 0.15) is 5.82 Å². The van der Waals surface area contributed by atoms with Gasteiger partial charge in [0, 0.05) is 17.4 Å². The van der Waals surface area contributed by atoms with Crippen molar-refractivity contribution in [3.8, 4) is 0 Å². The van der Waals surface area contributed by atoms with Crippen LogP contribution in [0.2, 0.25) is 5.02 Å². The van der Waals surface area contributed by atoms with Crippen molar-refractivity contribution in [1.82, 2.24) is 19.5 Å². The number of H-pyrrole nitrogens is 1. The van der Waals surface area contributed by atoms with E-state index >= 15 is 0 Å². The van der Waals surface area contributed by atoms with Crippen molar-refractivity contribution < 1.29 is 27.6 Å². The second kappa shape index (κ2) is 9.12. The number of nitrogens with zero attached hydrogens (tertiary/aromatic N) is 3. The standard InChI is InChI=1S/C21H22ClFN5O6P/c1-10-14(16(29)7-15(10)28-9-25-18-19(28)26-21(24)27-20(18)30)8-33-35(31)32-3-2-17(34-35)11-4-12(22)6-13(23)5-11/h4-6,9,14-17,29H,1-3,7-8H2,(H3,24,26,27,30)/t14-,15-,16-,17+,35-/m0/s1. The molecule has 1 saturated heterocycles. The third kappa shape index (κ3) is 4.65. The maximum Gasteiger partial charge on any atom is 0.475 e. The molecule has 5 rings (SSSR count). The Morgan fingerprint density at radius 3 is 3.00 bits per heavy atom. The monoisotopic (exact) mass is 525 g/mol. The van der Waals surface area contributed by atoms with Crippen molar-refractivity contribution in [3.63, 3.8) is 0 Å². The quantitative estimate of drug-likeness (QED) is 0.336. The Bertz CT molecular complexity index is 1390. The van der Waals surface area contributed by atoms with Gasteiger partial charge in [-0.25, -0.2) is 13.9 Å². The normalized spacial score (nSPS) is 29.2. The Hall–Kier alpha value is -2.60. The van der Waals surface area contributed by atoms with Crippen LogP contribution < -0.4 is 11.3 Å². The number of rotatable bonds is 5. The number of phosphoric ester groups is 1. The minimum Gasteiger partial charge on any atom is -0.392 e. The number of nitrogens with two attached hydrogens (primary N) is 1. The zero-order valence-corrected chi connectivity index (χ0v) is 19.9. The van der Waals surface area contributed by atoms with Gasteiger partial charge in [-0.1, -0.05) is 18.2 Å². The molecule has 0 spiro atoms. The molecule has 35 heavy (non-hydrogen) atoms. The molecule has 2 aromatic heterocycles. The zero-order chi connectivity index (χ0) is 24.9. The number of imidazole rings is 1. The topological polar surface area (TPSA) is 155 Å². The molecule has 4 N–H and O–H groups in total. The molecule has 1 aromatic carbocycles. The van der Waals surface area contributed by atoms with Crippen LogP contribution in [0.4, 0.5) is 10.3 Å². The second-order valence-electron chi connectivity index (χ2n) is 8.44. The lowest BCUT2D eigenvalue weighted by atomic mass is 10.0. The van der Waals surface area contributed by atoms with E-state index in [2.05, 4.69) is 21.5 Å². The number of nitrogens with one attached hydrogen (secondary N) is 1. The number of aliphatic hydroxyl groups is 1. The molecule has 14 heteroatoms. The Labute approximate surface area is 203 Å². The Balaban J connectivity index is 1.31. The van der Waals surface area contributed by atoms with Crippen LogP contribution in [0, 0.1) is 11.7 Å². The molecule has 2 fully saturated rings. The van der Waals surface area contributed by atoms with Crippen molar-refractivity contribution in [2.75, 3.05) is 18.9 Å². The van der Waals surface area contributed by atoms with E-state index in [0.29, 0.717) is 17.6 Å². The Kier molecular flexibility index (Phi) is 6.28. The van der Waals surface area contributed by atoms with Gasteiger partial charge in [-0.2, -0.15) is 4.98 Å². The number of benzene rings is 1. The second-order valence-corrected chi connectivity index (χ2v) is 10.5. The molecule has 5 atom stereocenters. The van der Waals surface area contributed by atoms with Gasteiger partial charge in [0.25, 0.3) is 5.56 Å². The van der Waals surface area contributed by atoms with Gasteiger partial charge in [-0.05, 0) is 35.8 Å². The van der Waals surface area contributed by atoms with E-state index < -0.39 is 43.4 Å². The molecular weight excluding hydrogens is 504 g/mol. The summed E-state index contributed by atoms with van der Waals surface area (Å²) in [4.78, 5) is 22.7. The maximum absolute atomic E-state index is 13.8. The highest BCUT2D eigenvalue weighted by Gasteiger charge is 2.42. The average molecular weight is 526 g/mol. The first-order valence-corrected chi connectivity index (χ1v) is 12.6. The SMILES string of the molecule is C=C1[C@H](CO[P@]2(=O)OCC[C@H](c3cc(F)cc(Cl)c3)O2)[C@@H](O)C[C@@H]1n1cnc2c(=O)[nH]c(N)nc21. The fraction of sp³-hybridized carbons (Fsp3) is 0.381. The number of nitrogen functional groups attached to an aromatic ring is 1. The van der Waals surface area contributed by atoms with E-state index in [1.54, 1.807) is 4.57 Å². The first-order valence-electron chi connectivity index (χ1n) is 10.8. The number of halogens is 2. The summed E-state index contributed by atoms with van der Waals surface area (Å²) in [6, 6.07) is 3.49. The molecule has 1 saturated carbocycles. The summed E-state index contributed by atoms with van der Waals surface area (Å²) in [6.45, 7) is 3.95. The summed E-state index contributed by atoms with van der Waals surface area (Å²) in [5.74, 6) is -1.22. The number of hydrogen-bond donors (Lipinski definition) is 3. The van der Waals surface area contributed by atoms with Crippen LogP contribution in [0.15, 0.2) is 41.5 Å². The fourth-order valence-electron chi connectivity index (χ4n) is 4.46. The lowest BCUT2D eigenvalue weighted by Crippen LogP contribution is -2.22. The predicted molar refractivity (Wildman–Crippen MR) is 124 cm³/mol. The third-order valence-corrected chi connectivity index (χ3v) is 7.87. The highest BCUT2D eigenvalue weighted by atomic mass is 35.5. The fourth-order valence-corrected chi connectivity index (χ4v) is 6.10. The third-order valence-electron chi connectivity index (χ3n) is 6.17. The number of fused-ring (bicyclic) bond motifs is 1. The van der Waals surface area contributed by atoms with Crippen molar-refractivity contribution in [2.24, 2.45) is 5.92 Å². The Morgan fingerprint density at radius 2 is 2.23 bits per heavy atom. The molecule has 0 amide bonds. The summed E-state index contributed by atoms with van der Waals surface area (Å²) in [5.41, 5.74) is 6.54. The molecule has 0 radical (unpaired) electrons. The van der Waals surface area contributed by atoms with Crippen LogP contribution in [0.1, 0.15) is 30.6 Å². The number of aromatic amines is 1. The van der Waals surface area contributed by atoms with Gasteiger partial charge >= 0.3 is 7.82 Å². The molecule has 3 aromatic rings. The summed E-state index contributed by atoms with van der Waals surface area (Å²) in [7, 11) is -4.01. The average Bonchev–Trinajstić information content (AvgIpc) is 3.32. The van der Waals surface area contributed by atoms with Gasteiger partial charge in [-0.3, -0.25) is 23.3 Å². The number of aliphatic hydroxyl groups excluding tert-OH is 1. The van der Waals surface area contributed by atoms with E-state index in [1.807, 2.05) is 0 Å². The first-order chi connectivity index (χ1) is 16.6. The van der Waals surface area contributed by atoms with Crippen molar-refractivity contribution in [1.29, 1.82) is 0 Å². The number of phosphoric acid groups is 1. The summed E-state index contributed by atoms with van der Waals surface area (Å²) >= 11 is 5.93.